The summed E-state index contributed by atoms with van der Waals surface area (Å²) in [7, 11) is 0. The fraction of sp³-hybridized carbons (Fsp3) is 0.0769. The van der Waals surface area contributed by atoms with Crippen molar-refractivity contribution >= 4 is 28.5 Å². The number of benzene rings is 2. The van der Waals surface area contributed by atoms with Gasteiger partial charge in [-0.25, -0.2) is 17.7 Å². The zero-order valence-corrected chi connectivity index (χ0v) is 19.4. The molecule has 8 nitrogen and oxygen atoms in total. The minimum Gasteiger partial charge on any atom is -0.338 e. The Labute approximate surface area is 208 Å². The van der Waals surface area contributed by atoms with Gasteiger partial charge in [0, 0.05) is 31.1 Å². The average molecular weight is 504 g/mol. The van der Waals surface area contributed by atoms with Crippen molar-refractivity contribution in [2.45, 2.75) is 6.92 Å². The van der Waals surface area contributed by atoms with Gasteiger partial charge in [0.1, 0.15) is 23.0 Å². The van der Waals surface area contributed by atoms with Gasteiger partial charge in [-0.15, -0.1) is 0 Å². The van der Waals surface area contributed by atoms with Crippen LogP contribution in [0.1, 0.15) is 17.3 Å². The van der Waals surface area contributed by atoms with E-state index in [1.807, 2.05) is 0 Å². The summed E-state index contributed by atoms with van der Waals surface area (Å²) < 4.78 is 46.1. The lowest BCUT2D eigenvalue weighted by Crippen LogP contribution is -2.30. The molecule has 5 aromatic rings. The van der Waals surface area contributed by atoms with Gasteiger partial charge in [-0.05, 0) is 55.5 Å². The molecule has 0 aliphatic carbocycles. The highest BCUT2D eigenvalue weighted by Crippen LogP contribution is 2.33. The van der Waals surface area contributed by atoms with Crippen LogP contribution in [0, 0.1) is 17.5 Å². The molecule has 3 aromatic heterocycles. The number of anilines is 3. The van der Waals surface area contributed by atoms with E-state index in [-0.39, 0.29) is 16.9 Å². The number of rotatable bonds is 6. The van der Waals surface area contributed by atoms with Crippen molar-refractivity contribution in [1.82, 2.24) is 19.4 Å². The molecule has 0 fully saturated rings. The summed E-state index contributed by atoms with van der Waals surface area (Å²) in [5, 5.41) is 10.3. The van der Waals surface area contributed by atoms with E-state index in [9.17, 15) is 14.0 Å². The Hall–Kier alpha value is -4.93. The zero-order valence-electron chi connectivity index (χ0n) is 19.4. The lowest BCUT2D eigenvalue weighted by Gasteiger charge is -2.25. The normalized spacial score (nSPS) is 11.0. The first kappa shape index (κ1) is 23.8. The van der Waals surface area contributed by atoms with Crippen molar-refractivity contribution in [3.63, 3.8) is 0 Å². The number of hydrogen-bond donors (Lipinski definition) is 1. The number of halogens is 3. The van der Waals surface area contributed by atoms with Gasteiger partial charge in [0.2, 0.25) is 0 Å². The second-order valence-corrected chi connectivity index (χ2v) is 7.97. The molecule has 0 aliphatic rings. The van der Waals surface area contributed by atoms with Gasteiger partial charge < -0.3 is 10.2 Å². The highest BCUT2D eigenvalue weighted by atomic mass is 19.1. The van der Waals surface area contributed by atoms with Gasteiger partial charge in [0.05, 0.1) is 34.5 Å². The molecule has 0 aliphatic heterocycles. The van der Waals surface area contributed by atoms with E-state index in [1.165, 1.54) is 18.3 Å². The van der Waals surface area contributed by atoms with Gasteiger partial charge in [-0.1, -0.05) is 0 Å². The fourth-order valence-electron chi connectivity index (χ4n) is 4.02. The quantitative estimate of drug-likeness (QED) is 0.362. The molecule has 0 atom stereocenters. The Morgan fingerprint density at radius 1 is 0.946 bits per heavy atom. The van der Waals surface area contributed by atoms with E-state index >= 15 is 8.78 Å². The summed E-state index contributed by atoms with van der Waals surface area (Å²) in [6.45, 7) is 2.12. The van der Waals surface area contributed by atoms with E-state index in [0.717, 1.165) is 35.0 Å². The number of aromatic nitrogens is 4. The van der Waals surface area contributed by atoms with Crippen LogP contribution in [0.4, 0.5) is 30.2 Å². The maximum absolute atomic E-state index is 15.2. The van der Waals surface area contributed by atoms with Gasteiger partial charge in [0.15, 0.2) is 0 Å². The third-order valence-electron chi connectivity index (χ3n) is 5.76. The highest BCUT2D eigenvalue weighted by molar-refractivity contribution is 6.04. The summed E-state index contributed by atoms with van der Waals surface area (Å²) in [5.74, 6) is -3.13. The van der Waals surface area contributed by atoms with Gasteiger partial charge >= 0.3 is 0 Å². The van der Waals surface area contributed by atoms with Crippen LogP contribution >= 0.6 is 0 Å². The molecule has 37 heavy (non-hydrogen) atoms. The monoisotopic (exact) mass is 504 g/mol. The molecule has 5 rings (SSSR count). The van der Waals surface area contributed by atoms with Crippen molar-refractivity contribution in [2.75, 3.05) is 16.8 Å². The molecule has 0 saturated heterocycles. The van der Waals surface area contributed by atoms with Crippen molar-refractivity contribution in [3.05, 3.63) is 113 Å². The fourth-order valence-corrected chi connectivity index (χ4v) is 4.02. The Balaban J connectivity index is 1.46. The first-order valence-electron chi connectivity index (χ1n) is 11.2. The molecular formula is C26H19F3N6O2. The third-order valence-corrected chi connectivity index (χ3v) is 5.76. The summed E-state index contributed by atoms with van der Waals surface area (Å²) in [4.78, 5) is 27.2. The number of fused-ring (bicyclic) bond motifs is 1. The number of pyridine rings is 1. The van der Waals surface area contributed by atoms with Gasteiger partial charge in [0.25, 0.3) is 11.5 Å². The number of carbonyl (C=O) groups is 1. The van der Waals surface area contributed by atoms with Crippen LogP contribution in [0.2, 0.25) is 0 Å². The molecule has 0 unspecified atom stereocenters. The minimum atomic E-state index is -0.953. The standard InChI is InChI=1S/C26H19F3N6O2/c1-2-33(22-4-3-13-34-23(22)10-12-30-34)24-15-19(28)21(14-20(24)29)32-25(36)18-9-11-31-35(26(18)37)17-7-5-16(27)6-8-17/h3-15H,2H2,1H3,(H,32,36). The predicted octanol–water partition coefficient (Wildman–Crippen LogP) is 4.71. The van der Waals surface area contributed by atoms with Gasteiger partial charge in [-0.3, -0.25) is 9.59 Å². The van der Waals surface area contributed by atoms with Crippen LogP contribution < -0.4 is 15.8 Å². The lowest BCUT2D eigenvalue weighted by atomic mass is 10.2. The van der Waals surface area contributed by atoms with Crippen molar-refractivity contribution in [3.8, 4) is 5.69 Å². The number of nitrogens with zero attached hydrogens (tertiary/aromatic N) is 5. The molecule has 1 amide bonds. The van der Waals surface area contributed by atoms with Gasteiger partial charge in [-0.2, -0.15) is 14.9 Å². The molecule has 0 radical (unpaired) electrons. The predicted molar refractivity (Wildman–Crippen MR) is 132 cm³/mol. The molecular weight excluding hydrogens is 485 g/mol. The maximum atomic E-state index is 15.2. The van der Waals surface area contributed by atoms with Crippen LogP contribution in [0.5, 0.6) is 0 Å². The molecule has 186 valence electrons. The molecule has 0 saturated carbocycles. The molecule has 11 heteroatoms. The van der Waals surface area contributed by atoms with E-state index in [0.29, 0.717) is 17.7 Å². The first-order chi connectivity index (χ1) is 17.9. The highest BCUT2D eigenvalue weighted by Gasteiger charge is 2.21. The Kier molecular flexibility index (Phi) is 6.18. The van der Waals surface area contributed by atoms with E-state index in [1.54, 1.807) is 46.9 Å². The largest absolute Gasteiger partial charge is 0.338 e. The van der Waals surface area contributed by atoms with E-state index < -0.39 is 34.6 Å². The number of nitrogens with one attached hydrogen (secondary N) is 1. The molecule has 2 aromatic carbocycles. The molecule has 3 heterocycles. The van der Waals surface area contributed by atoms with Crippen LogP contribution in [-0.4, -0.2) is 31.8 Å². The van der Waals surface area contributed by atoms with Crippen LogP contribution in [0.15, 0.2) is 84.0 Å². The second-order valence-electron chi connectivity index (χ2n) is 7.97. The summed E-state index contributed by atoms with van der Waals surface area (Å²) in [5.41, 5.74) is -0.0758. The van der Waals surface area contributed by atoms with Crippen molar-refractivity contribution in [2.24, 2.45) is 0 Å². The Morgan fingerprint density at radius 2 is 1.70 bits per heavy atom. The van der Waals surface area contributed by atoms with E-state index in [4.69, 9.17) is 0 Å². The zero-order chi connectivity index (χ0) is 26.1. The van der Waals surface area contributed by atoms with E-state index in [2.05, 4.69) is 15.5 Å². The van der Waals surface area contributed by atoms with Crippen molar-refractivity contribution < 1.29 is 18.0 Å². The molecule has 1 N–H and O–H groups in total. The topological polar surface area (TPSA) is 84.5 Å². The van der Waals surface area contributed by atoms with Crippen LogP contribution in [-0.2, 0) is 0 Å². The SMILES string of the molecule is CCN(c1cc(F)c(NC(=O)c2ccnn(-c3ccc(F)cc3)c2=O)cc1F)c1cccn2nccc12. The third kappa shape index (κ3) is 4.42. The summed E-state index contributed by atoms with van der Waals surface area (Å²) in [6, 6.07) is 13.2. The number of amides is 1. The van der Waals surface area contributed by atoms with Crippen molar-refractivity contribution in [1.29, 1.82) is 0 Å². The maximum Gasteiger partial charge on any atom is 0.284 e. The number of carbonyl (C=O) groups excluding carboxylic acids is 1. The summed E-state index contributed by atoms with van der Waals surface area (Å²) in [6.07, 6.45) is 4.55. The first-order valence-corrected chi connectivity index (χ1v) is 11.2. The van der Waals surface area contributed by atoms with Crippen LogP contribution in [0.3, 0.4) is 0 Å². The minimum absolute atomic E-state index is 0.0325. The second kappa shape index (κ2) is 9.61. The average Bonchev–Trinajstić information content (AvgIpc) is 3.38. The smallest absolute Gasteiger partial charge is 0.284 e. The summed E-state index contributed by atoms with van der Waals surface area (Å²) >= 11 is 0. The molecule has 0 spiro atoms. The lowest BCUT2D eigenvalue weighted by molar-refractivity contribution is 0.102. The Morgan fingerprint density at radius 3 is 2.46 bits per heavy atom. The Bertz CT molecular complexity index is 1680. The number of hydrogen-bond acceptors (Lipinski definition) is 5. The van der Waals surface area contributed by atoms with Crippen LogP contribution in [0.25, 0.3) is 11.2 Å². The molecule has 0 bridgehead atoms.